The number of hydrogen-bond acceptors (Lipinski definition) is 2. The number of carbonyl (C=O) groups excluding carboxylic acids is 1. The van der Waals surface area contributed by atoms with E-state index in [0.717, 1.165) is 21.4 Å². The van der Waals surface area contributed by atoms with Gasteiger partial charge in [-0.25, -0.2) is 0 Å². The molecule has 0 saturated carbocycles. The number of carbonyl (C=O) groups is 2. The first-order valence-corrected chi connectivity index (χ1v) is 8.29. The molecule has 1 aromatic heterocycles. The molecule has 2 aromatic rings. The van der Waals surface area contributed by atoms with E-state index in [0.29, 0.717) is 18.4 Å². The molecule has 0 aliphatic heterocycles. The lowest BCUT2D eigenvalue weighted by Gasteiger charge is -2.29. The van der Waals surface area contributed by atoms with Crippen LogP contribution in [0, 0.1) is 5.41 Å². The number of benzene rings is 1. The zero-order valence-electron chi connectivity index (χ0n) is 13.1. The molecule has 0 spiro atoms. The number of carboxylic acid groups (broad SMARTS) is 1. The molecule has 5 heteroatoms. The Labute approximate surface area is 143 Å². The predicted molar refractivity (Wildman–Crippen MR) is 91.6 cm³/mol. The van der Waals surface area contributed by atoms with Crippen LogP contribution in [-0.4, -0.2) is 21.4 Å². The van der Waals surface area contributed by atoms with Crippen LogP contribution in [0.5, 0.6) is 0 Å². The van der Waals surface area contributed by atoms with Crippen molar-refractivity contribution in [2.45, 2.75) is 33.2 Å². The zero-order chi connectivity index (χ0) is 16.8. The van der Waals surface area contributed by atoms with Gasteiger partial charge < -0.3 is 9.67 Å². The Morgan fingerprint density at radius 3 is 2.52 bits per heavy atom. The third-order valence-electron chi connectivity index (χ3n) is 4.23. The Hall–Kier alpha value is -1.88. The summed E-state index contributed by atoms with van der Waals surface area (Å²) in [4.78, 5) is 23.8. The minimum absolute atomic E-state index is 0.0961. The largest absolute Gasteiger partial charge is 0.480 e. The van der Waals surface area contributed by atoms with Crippen molar-refractivity contribution in [2.75, 3.05) is 0 Å². The molecule has 0 atom stereocenters. The summed E-state index contributed by atoms with van der Waals surface area (Å²) in [6, 6.07) is 9.53. The molecule has 0 radical (unpaired) electrons. The number of aliphatic carboxylic acids is 1. The summed E-state index contributed by atoms with van der Waals surface area (Å²) < 4.78 is 2.74. The molecule has 1 heterocycles. The van der Waals surface area contributed by atoms with E-state index < -0.39 is 5.97 Å². The lowest BCUT2D eigenvalue weighted by Crippen LogP contribution is -2.28. The highest BCUT2D eigenvalue weighted by Crippen LogP contribution is 2.38. The third kappa shape index (κ3) is 3.11. The van der Waals surface area contributed by atoms with E-state index in [1.54, 1.807) is 4.57 Å². The van der Waals surface area contributed by atoms with Crippen molar-refractivity contribution in [2.24, 2.45) is 5.41 Å². The molecular formula is C18H18BrNO3. The van der Waals surface area contributed by atoms with Gasteiger partial charge in [0.2, 0.25) is 0 Å². The zero-order valence-corrected chi connectivity index (χ0v) is 14.7. The van der Waals surface area contributed by atoms with Crippen molar-refractivity contribution in [1.29, 1.82) is 0 Å². The number of Topliss-reactive ketones (excluding diaryl/α,β-unsaturated/α-hetero) is 1. The van der Waals surface area contributed by atoms with Crippen LogP contribution in [0.15, 0.2) is 34.8 Å². The summed E-state index contributed by atoms with van der Waals surface area (Å²) in [5, 5.41) is 9.29. The molecule has 1 aliphatic rings. The quantitative estimate of drug-likeness (QED) is 0.875. The molecule has 3 rings (SSSR count). The Bertz CT molecular complexity index is 787. The standard InChI is InChI=1S/C18H18BrNO3/c1-18(2)8-15-13(16(21)9-18)7-14(20(15)10-17(22)23)11-3-5-12(19)6-4-11/h3-7H,8-10H2,1-2H3,(H,22,23). The van der Waals surface area contributed by atoms with Gasteiger partial charge in [-0.1, -0.05) is 41.9 Å². The molecule has 0 amide bonds. The highest BCUT2D eigenvalue weighted by molar-refractivity contribution is 9.10. The second-order valence-corrected chi connectivity index (χ2v) is 7.73. The molecule has 0 unspecified atom stereocenters. The Kier molecular flexibility index (Phi) is 3.92. The fourth-order valence-corrected chi connectivity index (χ4v) is 3.51. The summed E-state index contributed by atoms with van der Waals surface area (Å²) in [6.07, 6.45) is 1.20. The summed E-state index contributed by atoms with van der Waals surface area (Å²) in [5.41, 5.74) is 3.07. The van der Waals surface area contributed by atoms with Gasteiger partial charge in [0.25, 0.3) is 0 Å². The maximum absolute atomic E-state index is 12.5. The molecular weight excluding hydrogens is 358 g/mol. The predicted octanol–water partition coefficient (Wildman–Crippen LogP) is 4.16. The highest BCUT2D eigenvalue weighted by atomic mass is 79.9. The highest BCUT2D eigenvalue weighted by Gasteiger charge is 2.34. The number of halogens is 1. The van der Waals surface area contributed by atoms with Crippen LogP contribution in [0.25, 0.3) is 11.3 Å². The first kappa shape index (κ1) is 16.0. The van der Waals surface area contributed by atoms with E-state index in [1.807, 2.05) is 44.2 Å². The normalized spacial score (nSPS) is 16.2. The van der Waals surface area contributed by atoms with Gasteiger partial charge in [0.1, 0.15) is 6.54 Å². The molecule has 1 aliphatic carbocycles. The second-order valence-electron chi connectivity index (χ2n) is 6.82. The number of fused-ring (bicyclic) bond motifs is 1. The molecule has 0 saturated heterocycles. The Morgan fingerprint density at radius 2 is 1.91 bits per heavy atom. The fourth-order valence-electron chi connectivity index (χ4n) is 3.24. The van der Waals surface area contributed by atoms with Crippen molar-refractivity contribution in [1.82, 2.24) is 4.57 Å². The van der Waals surface area contributed by atoms with Crippen LogP contribution in [-0.2, 0) is 17.8 Å². The van der Waals surface area contributed by atoms with Gasteiger partial charge in [-0.05, 0) is 35.6 Å². The molecule has 4 nitrogen and oxygen atoms in total. The number of carboxylic acids is 1. The first-order chi connectivity index (χ1) is 10.8. The van der Waals surface area contributed by atoms with E-state index in [-0.39, 0.29) is 17.7 Å². The number of nitrogens with zero attached hydrogens (tertiary/aromatic N) is 1. The monoisotopic (exact) mass is 375 g/mol. The molecule has 1 aromatic carbocycles. The molecule has 120 valence electrons. The van der Waals surface area contributed by atoms with Gasteiger partial charge in [0.15, 0.2) is 5.78 Å². The molecule has 0 fully saturated rings. The van der Waals surface area contributed by atoms with Gasteiger partial charge in [0, 0.05) is 27.8 Å². The average molecular weight is 376 g/mol. The first-order valence-electron chi connectivity index (χ1n) is 7.50. The fraction of sp³-hybridized carbons (Fsp3) is 0.333. The van der Waals surface area contributed by atoms with Gasteiger partial charge in [-0.15, -0.1) is 0 Å². The maximum Gasteiger partial charge on any atom is 0.323 e. The average Bonchev–Trinajstić information content (AvgIpc) is 2.77. The van der Waals surface area contributed by atoms with Crippen LogP contribution >= 0.6 is 15.9 Å². The number of ketones is 1. The van der Waals surface area contributed by atoms with E-state index in [9.17, 15) is 14.7 Å². The third-order valence-corrected chi connectivity index (χ3v) is 4.76. The van der Waals surface area contributed by atoms with Crippen LogP contribution in [0.3, 0.4) is 0 Å². The van der Waals surface area contributed by atoms with Crippen LogP contribution in [0.2, 0.25) is 0 Å². The van der Waals surface area contributed by atoms with Crippen molar-refractivity contribution in [3.8, 4) is 11.3 Å². The van der Waals surface area contributed by atoms with Crippen molar-refractivity contribution in [3.05, 3.63) is 46.1 Å². The number of aromatic nitrogens is 1. The van der Waals surface area contributed by atoms with Gasteiger partial charge in [-0.3, -0.25) is 9.59 Å². The van der Waals surface area contributed by atoms with E-state index in [4.69, 9.17) is 0 Å². The molecule has 1 N–H and O–H groups in total. The van der Waals surface area contributed by atoms with Gasteiger partial charge >= 0.3 is 5.97 Å². The van der Waals surface area contributed by atoms with Crippen molar-refractivity contribution < 1.29 is 14.7 Å². The number of rotatable bonds is 3. The SMILES string of the molecule is CC1(C)CC(=O)c2cc(-c3ccc(Br)cc3)n(CC(=O)O)c2C1. The lowest BCUT2D eigenvalue weighted by atomic mass is 9.76. The summed E-state index contributed by atoms with van der Waals surface area (Å²) in [6.45, 7) is 3.96. The van der Waals surface area contributed by atoms with E-state index in [1.165, 1.54) is 0 Å². The molecule has 23 heavy (non-hydrogen) atoms. The lowest BCUT2D eigenvalue weighted by molar-refractivity contribution is -0.137. The second kappa shape index (κ2) is 5.64. The van der Waals surface area contributed by atoms with Crippen molar-refractivity contribution >= 4 is 27.7 Å². The summed E-state index contributed by atoms with van der Waals surface area (Å²) >= 11 is 3.40. The summed E-state index contributed by atoms with van der Waals surface area (Å²) in [7, 11) is 0. The minimum atomic E-state index is -0.905. The Morgan fingerprint density at radius 1 is 1.26 bits per heavy atom. The van der Waals surface area contributed by atoms with Crippen LogP contribution < -0.4 is 0 Å². The topological polar surface area (TPSA) is 59.3 Å². The minimum Gasteiger partial charge on any atom is -0.480 e. The van der Waals surface area contributed by atoms with Crippen molar-refractivity contribution in [3.63, 3.8) is 0 Å². The van der Waals surface area contributed by atoms with Gasteiger partial charge in [-0.2, -0.15) is 0 Å². The van der Waals surface area contributed by atoms with Crippen LogP contribution in [0.1, 0.15) is 36.3 Å². The van der Waals surface area contributed by atoms with E-state index >= 15 is 0 Å². The summed E-state index contributed by atoms with van der Waals surface area (Å²) in [5.74, 6) is -0.809. The maximum atomic E-state index is 12.5. The molecule has 0 bridgehead atoms. The number of hydrogen-bond donors (Lipinski definition) is 1. The van der Waals surface area contributed by atoms with E-state index in [2.05, 4.69) is 15.9 Å². The Balaban J connectivity index is 2.19. The van der Waals surface area contributed by atoms with Crippen LogP contribution in [0.4, 0.5) is 0 Å². The van der Waals surface area contributed by atoms with Gasteiger partial charge in [0.05, 0.1) is 0 Å². The smallest absolute Gasteiger partial charge is 0.323 e.